The van der Waals surface area contributed by atoms with Crippen LogP contribution >= 0.6 is 0 Å². The number of phenolic OH excluding ortho intramolecular Hbond substituents is 1. The summed E-state index contributed by atoms with van der Waals surface area (Å²) in [5.41, 5.74) is 2.48. The second-order valence-corrected chi connectivity index (χ2v) is 7.95. The predicted molar refractivity (Wildman–Crippen MR) is 128 cm³/mol. The number of carbonyl (C=O) groups excluding carboxylic acids is 1. The highest BCUT2D eigenvalue weighted by molar-refractivity contribution is 5.97. The third-order valence-corrected chi connectivity index (χ3v) is 5.77. The van der Waals surface area contributed by atoms with Crippen molar-refractivity contribution in [2.24, 2.45) is 7.05 Å². The number of phenols is 1. The molecule has 0 bridgehead atoms. The maximum absolute atomic E-state index is 13.2. The average Bonchev–Trinajstić information content (AvgIpc) is 2.84. The smallest absolute Gasteiger partial charge is 0.331 e. The number of aryl methyl sites for hydroxylation is 2. The van der Waals surface area contributed by atoms with Crippen LogP contribution in [0.25, 0.3) is 10.9 Å². The number of nitrogens with zero attached hydrogens (tertiary/aromatic N) is 2. The average molecular weight is 444 g/mol. The number of hydrogen-bond acceptors (Lipinski definition) is 4. The third kappa shape index (κ3) is 4.43. The molecule has 33 heavy (non-hydrogen) atoms. The van der Waals surface area contributed by atoms with Crippen molar-refractivity contribution in [3.8, 4) is 5.75 Å². The quantitative estimate of drug-likeness (QED) is 0.479. The molecule has 0 aliphatic carbocycles. The van der Waals surface area contributed by atoms with Crippen LogP contribution in [0.15, 0.2) is 76.3 Å². The summed E-state index contributed by atoms with van der Waals surface area (Å²) >= 11 is 0. The molecular weight excluding hydrogens is 418 g/mol. The Morgan fingerprint density at radius 3 is 2.45 bits per heavy atom. The van der Waals surface area contributed by atoms with E-state index in [-0.39, 0.29) is 24.7 Å². The molecule has 7 heteroatoms. The van der Waals surface area contributed by atoms with E-state index in [1.54, 1.807) is 31.3 Å². The molecule has 0 aliphatic rings. The number of amides is 1. The maximum atomic E-state index is 13.2. The first-order chi connectivity index (χ1) is 15.9. The fourth-order valence-electron chi connectivity index (χ4n) is 3.88. The first-order valence-corrected chi connectivity index (χ1v) is 10.8. The Balaban J connectivity index is 1.64. The minimum atomic E-state index is -0.433. The molecule has 0 saturated carbocycles. The molecule has 0 spiro atoms. The highest BCUT2D eigenvalue weighted by Crippen LogP contribution is 2.19. The molecule has 7 nitrogen and oxygen atoms in total. The second-order valence-electron chi connectivity index (χ2n) is 7.95. The van der Waals surface area contributed by atoms with E-state index in [1.807, 2.05) is 43.3 Å². The lowest BCUT2D eigenvalue weighted by Crippen LogP contribution is -2.39. The van der Waals surface area contributed by atoms with Gasteiger partial charge in [-0.1, -0.05) is 49.4 Å². The van der Waals surface area contributed by atoms with Crippen LogP contribution in [-0.2, 0) is 26.6 Å². The lowest BCUT2D eigenvalue weighted by atomic mass is 10.1. The topological polar surface area (TPSA) is 93.3 Å². The molecule has 0 saturated heterocycles. The van der Waals surface area contributed by atoms with Gasteiger partial charge in [0, 0.05) is 19.2 Å². The van der Waals surface area contributed by atoms with E-state index >= 15 is 0 Å². The van der Waals surface area contributed by atoms with E-state index in [2.05, 4.69) is 5.32 Å². The number of carbonyl (C=O) groups is 1. The zero-order chi connectivity index (χ0) is 23.5. The fourth-order valence-corrected chi connectivity index (χ4v) is 3.88. The van der Waals surface area contributed by atoms with E-state index in [4.69, 9.17) is 0 Å². The SMILES string of the molecule is CCc1cc(CNC(=O)c2ccc3c(c2)c(=O)n(Cc2ccccc2)c(=O)n3C)ccc1O. The van der Waals surface area contributed by atoms with Crippen LogP contribution in [0, 0.1) is 0 Å². The zero-order valence-corrected chi connectivity index (χ0v) is 18.5. The number of benzene rings is 3. The van der Waals surface area contributed by atoms with E-state index in [0.717, 1.165) is 16.7 Å². The first kappa shape index (κ1) is 22.1. The fraction of sp³-hybridized carbons (Fsp3) is 0.192. The van der Waals surface area contributed by atoms with E-state index in [9.17, 15) is 19.5 Å². The van der Waals surface area contributed by atoms with Crippen LogP contribution in [-0.4, -0.2) is 20.1 Å². The summed E-state index contributed by atoms with van der Waals surface area (Å²) in [6.07, 6.45) is 0.687. The lowest BCUT2D eigenvalue weighted by molar-refractivity contribution is 0.0951. The van der Waals surface area contributed by atoms with E-state index in [0.29, 0.717) is 22.9 Å². The molecule has 168 valence electrons. The largest absolute Gasteiger partial charge is 0.508 e. The summed E-state index contributed by atoms with van der Waals surface area (Å²) in [7, 11) is 1.61. The Labute approximate surface area is 190 Å². The Morgan fingerprint density at radius 1 is 0.970 bits per heavy atom. The number of nitrogens with one attached hydrogen (secondary N) is 1. The van der Waals surface area contributed by atoms with Crippen LogP contribution in [0.5, 0.6) is 5.75 Å². The van der Waals surface area contributed by atoms with Crippen LogP contribution in [0.3, 0.4) is 0 Å². The normalized spacial score (nSPS) is 11.0. The van der Waals surface area contributed by atoms with Crippen molar-refractivity contribution < 1.29 is 9.90 Å². The molecule has 4 rings (SSSR count). The summed E-state index contributed by atoms with van der Waals surface area (Å²) in [4.78, 5) is 38.7. The molecule has 3 aromatic carbocycles. The highest BCUT2D eigenvalue weighted by Gasteiger charge is 2.14. The van der Waals surface area contributed by atoms with Gasteiger partial charge in [0.05, 0.1) is 17.4 Å². The maximum Gasteiger partial charge on any atom is 0.331 e. The summed E-state index contributed by atoms with van der Waals surface area (Å²) < 4.78 is 2.60. The van der Waals surface area contributed by atoms with Gasteiger partial charge in [-0.2, -0.15) is 0 Å². The Bertz CT molecular complexity index is 1450. The van der Waals surface area contributed by atoms with Crippen LogP contribution < -0.4 is 16.6 Å². The van der Waals surface area contributed by atoms with E-state index in [1.165, 1.54) is 15.2 Å². The van der Waals surface area contributed by atoms with E-state index < -0.39 is 11.2 Å². The van der Waals surface area contributed by atoms with Crippen molar-refractivity contribution in [3.63, 3.8) is 0 Å². The Kier molecular flexibility index (Phi) is 6.13. The number of rotatable bonds is 6. The minimum absolute atomic E-state index is 0.152. The van der Waals surface area contributed by atoms with Gasteiger partial charge in [-0.3, -0.25) is 18.7 Å². The summed E-state index contributed by atoms with van der Waals surface area (Å²) in [6.45, 7) is 2.39. The molecule has 0 aliphatic heterocycles. The molecule has 1 aromatic heterocycles. The molecule has 4 aromatic rings. The molecule has 0 unspecified atom stereocenters. The van der Waals surface area contributed by atoms with Crippen molar-refractivity contribution in [2.45, 2.75) is 26.4 Å². The summed E-state index contributed by atoms with van der Waals surface area (Å²) in [6, 6.07) is 19.3. The summed E-state index contributed by atoms with van der Waals surface area (Å²) in [5, 5.41) is 13.0. The van der Waals surface area contributed by atoms with Gasteiger partial charge in [-0.05, 0) is 47.4 Å². The first-order valence-electron chi connectivity index (χ1n) is 10.8. The van der Waals surface area contributed by atoms with Crippen molar-refractivity contribution in [1.82, 2.24) is 14.5 Å². The van der Waals surface area contributed by atoms with Gasteiger partial charge in [-0.15, -0.1) is 0 Å². The van der Waals surface area contributed by atoms with Crippen molar-refractivity contribution in [3.05, 3.63) is 110 Å². The molecular formula is C26H25N3O4. The Morgan fingerprint density at radius 2 is 1.73 bits per heavy atom. The molecule has 2 N–H and O–H groups in total. The van der Waals surface area contributed by atoms with Gasteiger partial charge >= 0.3 is 5.69 Å². The van der Waals surface area contributed by atoms with Crippen molar-refractivity contribution in [2.75, 3.05) is 0 Å². The number of hydrogen-bond donors (Lipinski definition) is 2. The van der Waals surface area contributed by atoms with Gasteiger partial charge in [0.25, 0.3) is 11.5 Å². The van der Waals surface area contributed by atoms with Gasteiger partial charge < -0.3 is 10.4 Å². The van der Waals surface area contributed by atoms with Gasteiger partial charge in [0.1, 0.15) is 5.75 Å². The molecule has 0 fully saturated rings. The molecule has 1 amide bonds. The van der Waals surface area contributed by atoms with Gasteiger partial charge in [-0.25, -0.2) is 4.79 Å². The highest BCUT2D eigenvalue weighted by atomic mass is 16.3. The Hall–Kier alpha value is -4.13. The summed E-state index contributed by atoms with van der Waals surface area (Å²) in [5.74, 6) is -0.0922. The third-order valence-electron chi connectivity index (χ3n) is 5.77. The molecule has 0 radical (unpaired) electrons. The van der Waals surface area contributed by atoms with Crippen molar-refractivity contribution >= 4 is 16.8 Å². The number of aromatic nitrogens is 2. The molecule has 0 atom stereocenters. The van der Waals surface area contributed by atoms with Crippen LogP contribution in [0.1, 0.15) is 34.0 Å². The monoisotopic (exact) mass is 443 g/mol. The van der Waals surface area contributed by atoms with Gasteiger partial charge in [0.15, 0.2) is 0 Å². The molecule has 1 heterocycles. The second kappa shape index (κ2) is 9.16. The van der Waals surface area contributed by atoms with Crippen molar-refractivity contribution in [1.29, 1.82) is 0 Å². The predicted octanol–water partition coefficient (Wildman–Crippen LogP) is 2.95. The van der Waals surface area contributed by atoms with Crippen LogP contribution in [0.2, 0.25) is 0 Å². The number of fused-ring (bicyclic) bond motifs is 1. The zero-order valence-electron chi connectivity index (χ0n) is 18.5. The standard InChI is InChI=1S/C26H25N3O4/c1-3-19-13-18(9-12-23(19)30)15-27-24(31)20-10-11-22-21(14-20)25(32)29(26(33)28(22)2)16-17-7-5-4-6-8-17/h4-14,30H,3,15-16H2,1-2H3,(H,27,31). The number of aromatic hydroxyl groups is 1. The van der Waals surface area contributed by atoms with Crippen LogP contribution in [0.4, 0.5) is 0 Å². The minimum Gasteiger partial charge on any atom is -0.508 e. The lowest BCUT2D eigenvalue weighted by Gasteiger charge is -2.12. The van der Waals surface area contributed by atoms with Gasteiger partial charge in [0.2, 0.25) is 0 Å².